The van der Waals surface area contributed by atoms with Gasteiger partial charge >= 0.3 is 0 Å². The predicted molar refractivity (Wildman–Crippen MR) is 160 cm³/mol. The molecular weight excluding hydrogens is 506 g/mol. The molecule has 0 radical (unpaired) electrons. The maximum Gasteiger partial charge on any atom is 0.249 e. The first-order valence-electron chi connectivity index (χ1n) is 13.8. The number of ether oxygens (including phenoxy) is 2. The number of hydrogen-bond acceptors (Lipinski definition) is 8. The molecule has 0 aliphatic rings. The van der Waals surface area contributed by atoms with Gasteiger partial charge in [-0.3, -0.25) is 25.8 Å². The Kier molecular flexibility index (Phi) is 12.8. The van der Waals surface area contributed by atoms with E-state index in [-0.39, 0.29) is 29.7 Å². The summed E-state index contributed by atoms with van der Waals surface area (Å²) >= 11 is 0. The number of hydrogen-bond donors (Lipinski definition) is 3. The highest BCUT2D eigenvalue weighted by atomic mass is 16.5. The molecular formula is C31H47N5O4. The van der Waals surface area contributed by atoms with Gasteiger partial charge in [0.25, 0.3) is 0 Å². The van der Waals surface area contributed by atoms with Crippen LogP contribution in [0.3, 0.4) is 0 Å². The molecule has 0 spiro atoms. The Morgan fingerprint density at radius 1 is 1.07 bits per heavy atom. The van der Waals surface area contributed by atoms with Gasteiger partial charge in [0.05, 0.1) is 19.2 Å². The fourth-order valence-corrected chi connectivity index (χ4v) is 4.52. The van der Waals surface area contributed by atoms with Crippen molar-refractivity contribution < 1.29 is 19.1 Å². The molecule has 0 fully saturated rings. The minimum atomic E-state index is -0.533. The first kappa shape index (κ1) is 32.9. The van der Waals surface area contributed by atoms with Gasteiger partial charge in [-0.2, -0.15) is 5.53 Å². The number of nitrogens with one attached hydrogen (secondary N) is 2. The highest BCUT2D eigenvalue weighted by Crippen LogP contribution is 2.28. The van der Waals surface area contributed by atoms with E-state index in [1.807, 2.05) is 95.8 Å². The number of benzene rings is 2. The van der Waals surface area contributed by atoms with Crippen molar-refractivity contribution in [2.45, 2.75) is 80.5 Å². The summed E-state index contributed by atoms with van der Waals surface area (Å²) in [7, 11) is 0. The predicted octanol–water partition coefficient (Wildman–Crippen LogP) is 4.24. The van der Waals surface area contributed by atoms with E-state index in [9.17, 15) is 9.59 Å². The van der Waals surface area contributed by atoms with Gasteiger partial charge in [-0.15, -0.1) is 0 Å². The number of hydrazine groups is 2. The van der Waals surface area contributed by atoms with Gasteiger partial charge in [0.15, 0.2) is 11.9 Å². The van der Waals surface area contributed by atoms with E-state index < -0.39 is 6.10 Å². The van der Waals surface area contributed by atoms with Crippen LogP contribution in [-0.2, 0) is 20.9 Å². The van der Waals surface area contributed by atoms with Crippen LogP contribution in [0.15, 0.2) is 47.5 Å². The van der Waals surface area contributed by atoms with Crippen LogP contribution in [0, 0.1) is 19.3 Å². The zero-order valence-corrected chi connectivity index (χ0v) is 25.3. The Hall–Kier alpha value is -3.27. The average molecular weight is 554 g/mol. The summed E-state index contributed by atoms with van der Waals surface area (Å²) in [5, 5.41) is 0. The minimum absolute atomic E-state index is 0.0811. The zero-order chi connectivity index (χ0) is 29.9. The maximum absolute atomic E-state index is 12.7. The number of nitrogens with two attached hydrogens (primary N) is 1. The number of nitrogens with zero attached hydrogens (tertiary/aromatic N) is 2. The fraction of sp³-hybridized carbons (Fsp3) is 0.516. The second kappa shape index (κ2) is 15.5. The Balaban J connectivity index is 2.24. The first-order chi connectivity index (χ1) is 18.8. The lowest BCUT2D eigenvalue weighted by Crippen LogP contribution is -2.47. The topological polar surface area (TPSA) is 118 Å². The number of rotatable bonds is 14. The molecule has 2 unspecified atom stereocenters. The Morgan fingerprint density at radius 2 is 1.70 bits per heavy atom. The largest absolute Gasteiger partial charge is 0.482 e. The number of amides is 1. The van der Waals surface area contributed by atoms with Crippen LogP contribution in [0.5, 0.6) is 5.75 Å². The van der Waals surface area contributed by atoms with Gasteiger partial charge in [-0.05, 0) is 68.9 Å². The van der Waals surface area contributed by atoms with Gasteiger partial charge in [0.2, 0.25) is 11.8 Å². The molecule has 0 heterocycles. The molecule has 0 aliphatic carbocycles. The molecule has 0 saturated carbocycles. The molecule has 2 atom stereocenters. The minimum Gasteiger partial charge on any atom is -0.482 e. The molecule has 2 aromatic rings. The van der Waals surface area contributed by atoms with Crippen molar-refractivity contribution in [1.29, 1.82) is 0 Å². The van der Waals surface area contributed by atoms with E-state index in [0.717, 1.165) is 28.0 Å². The summed E-state index contributed by atoms with van der Waals surface area (Å²) in [6, 6.07) is 13.7. The summed E-state index contributed by atoms with van der Waals surface area (Å²) in [5.74, 6) is 6.42. The molecule has 220 valence electrons. The van der Waals surface area contributed by atoms with Crippen LogP contribution in [0.2, 0.25) is 0 Å². The average Bonchev–Trinajstić information content (AvgIpc) is 2.85. The third-order valence-corrected chi connectivity index (χ3v) is 6.12. The standard InChI is InChI=1S/C31H47N5O4/c1-9-39-30(26-13-11-10-12-14-26)33-23(4)18-36(20-28(38)34-35-32)19-25-15-21(2)29(22(3)16-25)40-24(5)27(37)17-31(6,7)8/h10-16,23-24,35H,9,17-20,32H2,1-8H3,(H,34,38). The molecule has 4 N–H and O–H groups in total. The van der Waals surface area contributed by atoms with Crippen LogP contribution < -0.4 is 21.5 Å². The SMILES string of the molecule is CCOC(=NC(C)CN(CC(=O)NNN)Cc1cc(C)c(OC(C)C(=O)CC(C)(C)C)c(C)c1)c1ccccc1. The van der Waals surface area contributed by atoms with Crippen molar-refractivity contribution in [3.8, 4) is 5.75 Å². The molecule has 0 bridgehead atoms. The van der Waals surface area contributed by atoms with Crippen LogP contribution in [-0.4, -0.2) is 54.3 Å². The Labute approximate surface area is 239 Å². The van der Waals surface area contributed by atoms with Crippen LogP contribution in [0.4, 0.5) is 0 Å². The van der Waals surface area contributed by atoms with E-state index in [1.165, 1.54) is 0 Å². The maximum atomic E-state index is 12.7. The molecule has 0 aliphatic heterocycles. The summed E-state index contributed by atoms with van der Waals surface area (Å²) < 4.78 is 12.0. The lowest BCUT2D eigenvalue weighted by atomic mass is 9.88. The van der Waals surface area contributed by atoms with Crippen LogP contribution >= 0.6 is 0 Å². The van der Waals surface area contributed by atoms with E-state index in [0.29, 0.717) is 32.0 Å². The Bertz CT molecular complexity index is 1120. The van der Waals surface area contributed by atoms with Crippen molar-refractivity contribution >= 4 is 17.6 Å². The molecule has 40 heavy (non-hydrogen) atoms. The third-order valence-electron chi connectivity index (χ3n) is 6.12. The molecule has 2 rings (SSSR count). The van der Waals surface area contributed by atoms with Crippen molar-refractivity contribution in [2.75, 3.05) is 19.7 Å². The molecule has 2 aromatic carbocycles. The van der Waals surface area contributed by atoms with Crippen molar-refractivity contribution in [3.05, 3.63) is 64.7 Å². The fourth-order valence-electron chi connectivity index (χ4n) is 4.52. The molecule has 1 amide bonds. The monoisotopic (exact) mass is 553 g/mol. The van der Waals surface area contributed by atoms with Gasteiger partial charge in [-0.1, -0.05) is 51.1 Å². The first-order valence-corrected chi connectivity index (χ1v) is 13.8. The van der Waals surface area contributed by atoms with Gasteiger partial charge in [-0.25, -0.2) is 4.99 Å². The summed E-state index contributed by atoms with van der Waals surface area (Å²) in [6.45, 7) is 17.5. The van der Waals surface area contributed by atoms with Crippen LogP contribution in [0.1, 0.15) is 70.2 Å². The highest BCUT2D eigenvalue weighted by molar-refractivity contribution is 5.94. The molecule has 9 heteroatoms. The van der Waals surface area contributed by atoms with Gasteiger partial charge in [0.1, 0.15) is 5.75 Å². The van der Waals surface area contributed by atoms with Gasteiger partial charge in [0, 0.05) is 25.1 Å². The van der Waals surface area contributed by atoms with E-state index >= 15 is 0 Å². The van der Waals surface area contributed by atoms with E-state index in [2.05, 4.69) is 11.0 Å². The summed E-state index contributed by atoms with van der Waals surface area (Å²) in [4.78, 5) is 31.9. The number of Topliss-reactive ketones (excluding diaryl/α,β-unsaturated/α-hetero) is 1. The number of carbonyl (C=O) groups is 2. The summed E-state index contributed by atoms with van der Waals surface area (Å²) in [5.41, 5.74) is 8.36. The number of aliphatic imine (C=N–C) groups is 1. The van der Waals surface area contributed by atoms with E-state index in [1.54, 1.807) is 6.92 Å². The summed E-state index contributed by atoms with van der Waals surface area (Å²) in [6.07, 6.45) is -0.0797. The number of ketones is 1. The molecule has 0 aromatic heterocycles. The van der Waals surface area contributed by atoms with Crippen molar-refractivity contribution in [3.63, 3.8) is 0 Å². The molecule has 0 saturated heterocycles. The quantitative estimate of drug-likeness (QED) is 0.139. The zero-order valence-electron chi connectivity index (χ0n) is 25.3. The normalized spacial score (nSPS) is 13.6. The van der Waals surface area contributed by atoms with E-state index in [4.69, 9.17) is 20.3 Å². The van der Waals surface area contributed by atoms with Gasteiger partial charge < -0.3 is 9.47 Å². The van der Waals surface area contributed by atoms with Crippen molar-refractivity contribution in [1.82, 2.24) is 15.9 Å². The third kappa shape index (κ3) is 11.1. The lowest BCUT2D eigenvalue weighted by molar-refractivity contribution is -0.127. The highest BCUT2D eigenvalue weighted by Gasteiger charge is 2.23. The Morgan fingerprint density at radius 3 is 2.25 bits per heavy atom. The number of carbonyl (C=O) groups excluding carboxylic acids is 2. The molecule has 9 nitrogen and oxygen atoms in total. The number of aryl methyl sites for hydroxylation is 2. The van der Waals surface area contributed by atoms with Crippen molar-refractivity contribution in [2.24, 2.45) is 16.3 Å². The lowest BCUT2D eigenvalue weighted by Gasteiger charge is -2.25. The van der Waals surface area contributed by atoms with Crippen LogP contribution in [0.25, 0.3) is 0 Å². The smallest absolute Gasteiger partial charge is 0.249 e. The second-order valence-corrected chi connectivity index (χ2v) is 11.5. The second-order valence-electron chi connectivity index (χ2n) is 11.5.